The van der Waals surface area contributed by atoms with Gasteiger partial charge >= 0.3 is 6.03 Å². The Labute approximate surface area is 79.2 Å². The molecule has 1 rings (SSSR count). The van der Waals surface area contributed by atoms with Gasteiger partial charge in [0.15, 0.2) is 0 Å². The van der Waals surface area contributed by atoms with Crippen molar-refractivity contribution in [2.24, 2.45) is 0 Å². The van der Waals surface area contributed by atoms with Crippen LogP contribution in [0.3, 0.4) is 0 Å². The summed E-state index contributed by atoms with van der Waals surface area (Å²) in [5.74, 6) is 0. The van der Waals surface area contributed by atoms with Gasteiger partial charge < -0.3 is 15.0 Å². The number of amides is 2. The lowest BCUT2D eigenvalue weighted by molar-refractivity contribution is 0.132. The molecular formula is C9H18N2O2. The van der Waals surface area contributed by atoms with Crippen LogP contribution in [-0.2, 0) is 4.74 Å². The van der Waals surface area contributed by atoms with Crippen molar-refractivity contribution in [1.82, 2.24) is 10.2 Å². The van der Waals surface area contributed by atoms with Gasteiger partial charge in [0.2, 0.25) is 0 Å². The molecule has 0 aromatic rings. The van der Waals surface area contributed by atoms with Crippen LogP contribution >= 0.6 is 0 Å². The molecule has 0 aromatic carbocycles. The first kappa shape index (κ1) is 10.3. The second kappa shape index (κ2) is 4.46. The summed E-state index contributed by atoms with van der Waals surface area (Å²) < 4.78 is 5.26. The third-order valence-corrected chi connectivity index (χ3v) is 2.30. The van der Waals surface area contributed by atoms with Crippen molar-refractivity contribution in [2.75, 3.05) is 20.3 Å². The highest BCUT2D eigenvalue weighted by Crippen LogP contribution is 2.15. The van der Waals surface area contributed by atoms with E-state index in [1.165, 1.54) is 0 Å². The van der Waals surface area contributed by atoms with Gasteiger partial charge in [-0.25, -0.2) is 4.79 Å². The fourth-order valence-electron chi connectivity index (χ4n) is 1.69. The van der Waals surface area contributed by atoms with Crippen LogP contribution < -0.4 is 5.32 Å². The molecule has 1 unspecified atom stereocenters. The zero-order valence-electron chi connectivity index (χ0n) is 8.54. The van der Waals surface area contributed by atoms with Crippen LogP contribution in [0.15, 0.2) is 0 Å². The number of carbonyl (C=O) groups is 1. The molecule has 1 aliphatic heterocycles. The molecule has 4 heteroatoms. The molecule has 0 saturated carbocycles. The summed E-state index contributed by atoms with van der Waals surface area (Å²) in [4.78, 5) is 13.4. The normalized spacial score (nSPS) is 22.0. The standard InChI is InChI=1S/C9H18N2O2/c1-7(2)11(9(12)10-3)8-4-5-13-6-8/h7-8H,4-6H2,1-3H3,(H,10,12). The topological polar surface area (TPSA) is 41.6 Å². The summed E-state index contributed by atoms with van der Waals surface area (Å²) in [5, 5.41) is 2.65. The summed E-state index contributed by atoms with van der Waals surface area (Å²) in [6.45, 7) is 5.48. The van der Waals surface area contributed by atoms with Gasteiger partial charge in [-0.15, -0.1) is 0 Å². The quantitative estimate of drug-likeness (QED) is 0.694. The van der Waals surface area contributed by atoms with E-state index < -0.39 is 0 Å². The first-order valence-electron chi connectivity index (χ1n) is 4.74. The lowest BCUT2D eigenvalue weighted by atomic mass is 10.2. The number of nitrogens with one attached hydrogen (secondary N) is 1. The van der Waals surface area contributed by atoms with Crippen molar-refractivity contribution in [3.05, 3.63) is 0 Å². The van der Waals surface area contributed by atoms with Gasteiger partial charge in [-0.05, 0) is 20.3 Å². The first-order chi connectivity index (χ1) is 6.16. The minimum atomic E-state index is -0.00880. The van der Waals surface area contributed by atoms with E-state index in [1.807, 2.05) is 18.7 Å². The van der Waals surface area contributed by atoms with Gasteiger partial charge in [0, 0.05) is 19.7 Å². The van der Waals surface area contributed by atoms with Crippen molar-refractivity contribution < 1.29 is 9.53 Å². The number of ether oxygens (including phenoxy) is 1. The Morgan fingerprint density at radius 2 is 2.31 bits per heavy atom. The number of hydrogen-bond acceptors (Lipinski definition) is 2. The molecule has 0 spiro atoms. The van der Waals surface area contributed by atoms with E-state index in [0.717, 1.165) is 13.0 Å². The average molecular weight is 186 g/mol. The van der Waals surface area contributed by atoms with Gasteiger partial charge in [-0.3, -0.25) is 0 Å². The summed E-state index contributed by atoms with van der Waals surface area (Å²) in [6, 6.07) is 0.470. The highest BCUT2D eigenvalue weighted by Gasteiger charge is 2.28. The lowest BCUT2D eigenvalue weighted by Gasteiger charge is -2.31. The van der Waals surface area contributed by atoms with E-state index in [-0.39, 0.29) is 18.1 Å². The highest BCUT2D eigenvalue weighted by atomic mass is 16.5. The molecule has 1 N–H and O–H groups in total. The van der Waals surface area contributed by atoms with Crippen LogP contribution in [0, 0.1) is 0 Å². The summed E-state index contributed by atoms with van der Waals surface area (Å²) in [7, 11) is 1.66. The van der Waals surface area contributed by atoms with E-state index in [9.17, 15) is 4.79 Å². The average Bonchev–Trinajstić information content (AvgIpc) is 2.56. The number of rotatable bonds is 2. The summed E-state index contributed by atoms with van der Waals surface area (Å²) >= 11 is 0. The Kier molecular flexibility index (Phi) is 3.54. The molecule has 1 aliphatic rings. The third-order valence-electron chi connectivity index (χ3n) is 2.30. The predicted molar refractivity (Wildman–Crippen MR) is 50.7 cm³/mol. The van der Waals surface area contributed by atoms with E-state index in [4.69, 9.17) is 4.74 Å². The molecule has 2 amide bonds. The molecule has 0 radical (unpaired) electrons. The fourth-order valence-corrected chi connectivity index (χ4v) is 1.69. The fraction of sp³-hybridized carbons (Fsp3) is 0.889. The zero-order valence-corrected chi connectivity index (χ0v) is 8.54. The van der Waals surface area contributed by atoms with Crippen molar-refractivity contribution in [3.8, 4) is 0 Å². The lowest BCUT2D eigenvalue weighted by Crippen LogP contribution is -2.49. The van der Waals surface area contributed by atoms with Crippen LogP contribution in [0.25, 0.3) is 0 Å². The molecule has 1 heterocycles. The molecular weight excluding hydrogens is 168 g/mol. The van der Waals surface area contributed by atoms with Crippen molar-refractivity contribution in [3.63, 3.8) is 0 Å². The second-order valence-electron chi connectivity index (χ2n) is 3.57. The van der Waals surface area contributed by atoms with E-state index in [1.54, 1.807) is 7.05 Å². The van der Waals surface area contributed by atoms with Gasteiger partial charge in [0.05, 0.1) is 12.6 Å². The Balaban J connectivity index is 2.60. The minimum Gasteiger partial charge on any atom is -0.379 e. The van der Waals surface area contributed by atoms with E-state index >= 15 is 0 Å². The van der Waals surface area contributed by atoms with E-state index in [2.05, 4.69) is 5.32 Å². The highest BCUT2D eigenvalue weighted by molar-refractivity contribution is 5.74. The Morgan fingerprint density at radius 3 is 2.69 bits per heavy atom. The second-order valence-corrected chi connectivity index (χ2v) is 3.57. The first-order valence-corrected chi connectivity index (χ1v) is 4.74. The zero-order chi connectivity index (χ0) is 9.84. The summed E-state index contributed by atoms with van der Waals surface area (Å²) in [5.41, 5.74) is 0. The number of nitrogens with zero attached hydrogens (tertiary/aromatic N) is 1. The van der Waals surface area contributed by atoms with Crippen molar-refractivity contribution in [2.45, 2.75) is 32.4 Å². The van der Waals surface area contributed by atoms with Crippen LogP contribution in [0.4, 0.5) is 4.79 Å². The molecule has 76 valence electrons. The largest absolute Gasteiger partial charge is 0.379 e. The molecule has 1 fully saturated rings. The maximum absolute atomic E-state index is 11.5. The SMILES string of the molecule is CNC(=O)N(C(C)C)C1CCOC1. The number of carbonyl (C=O) groups excluding carboxylic acids is 1. The van der Waals surface area contributed by atoms with Crippen LogP contribution in [0.1, 0.15) is 20.3 Å². The molecule has 4 nitrogen and oxygen atoms in total. The molecule has 13 heavy (non-hydrogen) atoms. The number of hydrogen-bond donors (Lipinski definition) is 1. The predicted octanol–water partition coefficient (Wildman–Crippen LogP) is 0.825. The monoisotopic (exact) mass is 186 g/mol. The minimum absolute atomic E-state index is 0.00880. The summed E-state index contributed by atoms with van der Waals surface area (Å²) in [6.07, 6.45) is 0.950. The van der Waals surface area contributed by atoms with Gasteiger partial charge in [-0.1, -0.05) is 0 Å². The van der Waals surface area contributed by atoms with Gasteiger partial charge in [-0.2, -0.15) is 0 Å². The van der Waals surface area contributed by atoms with Gasteiger partial charge in [0.1, 0.15) is 0 Å². The van der Waals surface area contributed by atoms with Gasteiger partial charge in [0.25, 0.3) is 0 Å². The molecule has 0 aliphatic carbocycles. The Morgan fingerprint density at radius 1 is 1.62 bits per heavy atom. The molecule has 1 atom stereocenters. The molecule has 0 bridgehead atoms. The third kappa shape index (κ3) is 2.34. The van der Waals surface area contributed by atoms with Crippen LogP contribution in [0.5, 0.6) is 0 Å². The van der Waals surface area contributed by atoms with Crippen molar-refractivity contribution in [1.29, 1.82) is 0 Å². The molecule has 0 aromatic heterocycles. The van der Waals surface area contributed by atoms with Crippen molar-refractivity contribution >= 4 is 6.03 Å². The Bertz CT molecular complexity index is 176. The number of urea groups is 1. The maximum atomic E-state index is 11.5. The van der Waals surface area contributed by atoms with Crippen LogP contribution in [-0.4, -0.2) is 43.3 Å². The smallest absolute Gasteiger partial charge is 0.317 e. The van der Waals surface area contributed by atoms with E-state index in [0.29, 0.717) is 6.61 Å². The van der Waals surface area contributed by atoms with Crippen LogP contribution in [0.2, 0.25) is 0 Å². The maximum Gasteiger partial charge on any atom is 0.317 e. The molecule has 1 saturated heterocycles. The Hall–Kier alpha value is -0.770.